The molecule has 0 radical (unpaired) electrons. The van der Waals surface area contributed by atoms with Gasteiger partial charge < -0.3 is 11.1 Å². The number of aryl methyl sites for hydroxylation is 2. The van der Waals surface area contributed by atoms with E-state index in [1.54, 1.807) is 0 Å². The molecule has 2 aliphatic carbocycles. The Bertz CT molecular complexity index is 1070. The van der Waals surface area contributed by atoms with Crippen molar-refractivity contribution in [3.05, 3.63) is 38.9 Å². The number of nitriles is 1. The number of carbonyl (C=O) groups excluding carboxylic acids is 2. The number of nitrogens with one attached hydrogen (secondary N) is 1. The number of hydrogen-bond donors (Lipinski definition) is 2. The van der Waals surface area contributed by atoms with Gasteiger partial charge in [-0.2, -0.15) is 5.26 Å². The SMILES string of the molecule is C[C@H]1CCc2c(sc(NC(=O)CSc3nc4c(cc3C#N)CCCCC4)c2C(N)=O)C1. The number of aromatic nitrogens is 1. The number of nitrogens with two attached hydrogens (primary N) is 1. The molecule has 2 aromatic heterocycles. The van der Waals surface area contributed by atoms with Crippen LogP contribution in [0.15, 0.2) is 11.1 Å². The van der Waals surface area contributed by atoms with Crippen molar-refractivity contribution in [1.29, 1.82) is 5.26 Å². The minimum Gasteiger partial charge on any atom is -0.365 e. The van der Waals surface area contributed by atoms with Gasteiger partial charge in [-0.25, -0.2) is 4.98 Å². The van der Waals surface area contributed by atoms with Crippen LogP contribution in [0, 0.1) is 17.2 Å². The number of carbonyl (C=O) groups is 2. The topological polar surface area (TPSA) is 109 Å². The first-order valence-electron chi connectivity index (χ1n) is 10.8. The van der Waals surface area contributed by atoms with Crippen LogP contribution in [0.3, 0.4) is 0 Å². The molecule has 0 fully saturated rings. The summed E-state index contributed by atoms with van der Waals surface area (Å²) >= 11 is 2.73. The normalized spacial score (nSPS) is 17.7. The van der Waals surface area contributed by atoms with Crippen molar-refractivity contribution in [3.8, 4) is 6.07 Å². The minimum absolute atomic E-state index is 0.123. The van der Waals surface area contributed by atoms with Crippen molar-refractivity contribution in [2.45, 2.75) is 63.3 Å². The molecule has 4 rings (SSSR count). The van der Waals surface area contributed by atoms with Gasteiger partial charge in [-0.05, 0) is 68.1 Å². The molecule has 2 amide bonds. The van der Waals surface area contributed by atoms with Crippen LogP contribution in [0.25, 0.3) is 0 Å². The van der Waals surface area contributed by atoms with Crippen LogP contribution in [0.1, 0.15) is 70.2 Å². The number of thiophene rings is 1. The Morgan fingerprint density at radius 1 is 1.32 bits per heavy atom. The highest BCUT2D eigenvalue weighted by Crippen LogP contribution is 2.39. The smallest absolute Gasteiger partial charge is 0.251 e. The third-order valence-electron chi connectivity index (χ3n) is 5.99. The van der Waals surface area contributed by atoms with Gasteiger partial charge in [0.15, 0.2) is 0 Å². The van der Waals surface area contributed by atoms with Gasteiger partial charge in [-0.1, -0.05) is 25.1 Å². The third kappa shape index (κ3) is 4.78. The average Bonchev–Trinajstić information content (AvgIpc) is 2.92. The van der Waals surface area contributed by atoms with E-state index in [1.165, 1.54) is 29.5 Å². The van der Waals surface area contributed by atoms with E-state index in [2.05, 4.69) is 18.3 Å². The number of anilines is 1. The maximum absolute atomic E-state index is 12.7. The number of fused-ring (bicyclic) bond motifs is 2. The highest BCUT2D eigenvalue weighted by Gasteiger charge is 2.27. The second-order valence-corrected chi connectivity index (χ2v) is 10.4. The molecule has 0 saturated heterocycles. The number of thioether (sulfide) groups is 1. The summed E-state index contributed by atoms with van der Waals surface area (Å²) in [5.74, 6) is -0.0268. The van der Waals surface area contributed by atoms with Crippen LogP contribution in [-0.2, 0) is 30.5 Å². The van der Waals surface area contributed by atoms with Crippen molar-refractivity contribution in [2.75, 3.05) is 11.1 Å². The molecule has 31 heavy (non-hydrogen) atoms. The largest absolute Gasteiger partial charge is 0.365 e. The summed E-state index contributed by atoms with van der Waals surface area (Å²) in [6.07, 6.45) is 8.04. The summed E-state index contributed by atoms with van der Waals surface area (Å²) in [6, 6.07) is 4.16. The van der Waals surface area contributed by atoms with Gasteiger partial charge in [-0.15, -0.1) is 11.3 Å². The van der Waals surface area contributed by atoms with E-state index in [4.69, 9.17) is 10.7 Å². The molecule has 8 heteroatoms. The Hall–Kier alpha value is -2.37. The lowest BCUT2D eigenvalue weighted by Crippen LogP contribution is -2.20. The first-order chi connectivity index (χ1) is 15.0. The molecular weight excluding hydrogens is 428 g/mol. The van der Waals surface area contributed by atoms with Crippen molar-refractivity contribution >= 4 is 39.9 Å². The van der Waals surface area contributed by atoms with Crippen LogP contribution in [0.4, 0.5) is 5.00 Å². The molecule has 1 atom stereocenters. The summed E-state index contributed by atoms with van der Waals surface area (Å²) in [4.78, 5) is 30.6. The molecule has 0 unspecified atom stereocenters. The quantitative estimate of drug-likeness (QED) is 0.519. The fourth-order valence-corrected chi connectivity index (χ4v) is 6.58. The second kappa shape index (κ2) is 9.41. The lowest BCUT2D eigenvalue weighted by Gasteiger charge is -2.18. The van der Waals surface area contributed by atoms with Gasteiger partial charge in [-0.3, -0.25) is 9.59 Å². The molecule has 0 aromatic carbocycles. The summed E-state index contributed by atoms with van der Waals surface area (Å²) in [7, 11) is 0. The molecule has 0 bridgehead atoms. The third-order valence-corrected chi connectivity index (χ3v) is 8.15. The molecule has 3 N–H and O–H groups in total. The molecule has 162 valence electrons. The van der Waals surface area contributed by atoms with Gasteiger partial charge in [0.05, 0.1) is 16.9 Å². The van der Waals surface area contributed by atoms with Gasteiger partial charge in [0, 0.05) is 10.6 Å². The molecule has 2 heterocycles. The van der Waals surface area contributed by atoms with Crippen LogP contribution < -0.4 is 11.1 Å². The first kappa shape index (κ1) is 21.8. The van der Waals surface area contributed by atoms with Crippen molar-refractivity contribution < 1.29 is 9.59 Å². The Morgan fingerprint density at radius 2 is 2.13 bits per heavy atom. The van der Waals surface area contributed by atoms with E-state index in [-0.39, 0.29) is 11.7 Å². The monoisotopic (exact) mass is 454 g/mol. The van der Waals surface area contributed by atoms with Crippen LogP contribution in [0.2, 0.25) is 0 Å². The van der Waals surface area contributed by atoms with Crippen molar-refractivity contribution in [3.63, 3.8) is 0 Å². The second-order valence-electron chi connectivity index (χ2n) is 8.38. The van der Waals surface area contributed by atoms with E-state index >= 15 is 0 Å². The molecule has 2 aromatic rings. The number of primary amides is 1. The first-order valence-corrected chi connectivity index (χ1v) is 12.6. The highest BCUT2D eigenvalue weighted by atomic mass is 32.2. The molecule has 0 aliphatic heterocycles. The van der Waals surface area contributed by atoms with E-state index in [9.17, 15) is 14.9 Å². The summed E-state index contributed by atoms with van der Waals surface area (Å²) in [6.45, 7) is 2.20. The average molecular weight is 455 g/mol. The number of pyridine rings is 1. The van der Waals surface area contributed by atoms with Crippen molar-refractivity contribution in [1.82, 2.24) is 4.98 Å². The predicted octanol–water partition coefficient (Wildman–Crippen LogP) is 4.24. The Morgan fingerprint density at radius 3 is 2.90 bits per heavy atom. The van der Waals surface area contributed by atoms with Gasteiger partial charge in [0.1, 0.15) is 16.1 Å². The number of rotatable bonds is 5. The Labute approximate surface area is 190 Å². The molecule has 0 spiro atoms. The number of amides is 2. The molecule has 6 nitrogen and oxygen atoms in total. The van der Waals surface area contributed by atoms with Crippen molar-refractivity contribution in [2.24, 2.45) is 11.7 Å². The number of nitrogens with zero attached hydrogens (tertiary/aromatic N) is 2. The van der Waals surface area contributed by atoms with E-state index in [1.807, 2.05) is 6.07 Å². The zero-order chi connectivity index (χ0) is 22.0. The zero-order valence-electron chi connectivity index (χ0n) is 17.6. The fraction of sp³-hybridized carbons (Fsp3) is 0.478. The van der Waals surface area contributed by atoms with Gasteiger partial charge in [0.2, 0.25) is 5.91 Å². The van der Waals surface area contributed by atoms with Crippen LogP contribution >= 0.6 is 23.1 Å². The van der Waals surface area contributed by atoms with Gasteiger partial charge >= 0.3 is 0 Å². The summed E-state index contributed by atoms with van der Waals surface area (Å²) < 4.78 is 0. The molecular formula is C23H26N4O2S2. The summed E-state index contributed by atoms with van der Waals surface area (Å²) in [5.41, 5.74) is 9.84. The lowest BCUT2D eigenvalue weighted by atomic mass is 9.88. The molecule has 0 saturated carbocycles. The lowest BCUT2D eigenvalue weighted by molar-refractivity contribution is -0.113. The van der Waals surface area contributed by atoms with Crippen LogP contribution in [-0.4, -0.2) is 22.6 Å². The zero-order valence-corrected chi connectivity index (χ0v) is 19.3. The minimum atomic E-state index is -0.491. The Balaban J connectivity index is 1.49. The van der Waals surface area contributed by atoms with E-state index in [0.717, 1.165) is 66.6 Å². The maximum Gasteiger partial charge on any atom is 0.251 e. The highest BCUT2D eigenvalue weighted by molar-refractivity contribution is 8.00. The van der Waals surface area contributed by atoms with Crippen LogP contribution in [0.5, 0.6) is 0 Å². The molecule has 2 aliphatic rings. The number of hydrogen-bond acceptors (Lipinski definition) is 6. The van der Waals surface area contributed by atoms with E-state index < -0.39 is 5.91 Å². The Kier molecular flexibility index (Phi) is 6.63. The van der Waals surface area contributed by atoms with E-state index in [0.29, 0.717) is 27.1 Å². The fourth-order valence-electron chi connectivity index (χ4n) is 4.38. The predicted molar refractivity (Wildman–Crippen MR) is 124 cm³/mol. The van der Waals surface area contributed by atoms with Gasteiger partial charge in [0.25, 0.3) is 5.91 Å². The maximum atomic E-state index is 12.7. The standard InChI is InChI=1S/C23H26N4O2S2/c1-13-7-8-16-18(9-13)31-23(20(16)21(25)29)27-19(28)12-30-22-15(11-24)10-14-5-3-2-4-6-17(14)26-22/h10,13H,2-9,12H2,1H3,(H2,25,29)(H,27,28)/t13-/m0/s1. The summed E-state index contributed by atoms with van der Waals surface area (Å²) in [5, 5.41) is 13.6.